The van der Waals surface area contributed by atoms with Gasteiger partial charge < -0.3 is 20.7 Å². The third-order valence-electron chi connectivity index (χ3n) is 3.77. The lowest BCUT2D eigenvalue weighted by atomic mass is 9.94. The van der Waals surface area contributed by atoms with Gasteiger partial charge in [0.2, 0.25) is 11.6 Å². The molecule has 5 atom stereocenters. The number of aromatic nitrogens is 4. The first-order valence-corrected chi connectivity index (χ1v) is 6.98. The molecule has 4 N–H and O–H groups in total. The molecule has 2 aromatic rings. The number of nitrogen functional groups attached to an aromatic ring is 1. The van der Waals surface area contributed by atoms with E-state index in [1.165, 1.54) is 30.9 Å². The van der Waals surface area contributed by atoms with Gasteiger partial charge in [-0.25, -0.2) is 14.4 Å². The second-order valence-corrected chi connectivity index (χ2v) is 5.37. The lowest BCUT2D eigenvalue weighted by Gasteiger charge is -2.23. The molecule has 8 nitrogen and oxygen atoms in total. The van der Waals surface area contributed by atoms with Gasteiger partial charge in [0.15, 0.2) is 11.9 Å². The summed E-state index contributed by atoms with van der Waals surface area (Å²) < 4.78 is 22.2. The quantitative estimate of drug-likeness (QED) is 0.654. The topological polar surface area (TPSA) is 119 Å². The van der Waals surface area contributed by atoms with Crippen LogP contribution >= 0.6 is 0 Å². The summed E-state index contributed by atoms with van der Waals surface area (Å²) in [6, 6.07) is 0. The van der Waals surface area contributed by atoms with Crippen molar-refractivity contribution in [3.8, 4) is 11.8 Å². The van der Waals surface area contributed by atoms with E-state index in [0.29, 0.717) is 5.52 Å². The Morgan fingerprint density at radius 1 is 1.52 bits per heavy atom. The number of imidazole rings is 1. The van der Waals surface area contributed by atoms with E-state index in [1.807, 2.05) is 0 Å². The summed E-state index contributed by atoms with van der Waals surface area (Å²) in [6.45, 7) is 2.86. The fourth-order valence-corrected chi connectivity index (χ4v) is 2.69. The minimum Gasteiger partial charge on any atom is -0.391 e. The van der Waals surface area contributed by atoms with Gasteiger partial charge in [-0.05, 0) is 13.8 Å². The second kappa shape index (κ2) is 5.42. The highest BCUT2D eigenvalue weighted by Gasteiger charge is 2.59. The summed E-state index contributed by atoms with van der Waals surface area (Å²) in [6.07, 6.45) is -2.47. The number of hydrogen-bond donors (Lipinski definition) is 3. The normalized spacial score (nSPS) is 31.8. The summed E-state index contributed by atoms with van der Waals surface area (Å²) in [5, 5.41) is 20.0. The summed E-state index contributed by atoms with van der Waals surface area (Å²) in [5.74, 6) is 4.80. The average molecular weight is 321 g/mol. The van der Waals surface area contributed by atoms with Crippen molar-refractivity contribution >= 4 is 17.1 Å². The molecule has 0 aromatic carbocycles. The molecule has 1 saturated heterocycles. The number of anilines is 1. The number of nitrogens with zero attached hydrogens (tertiary/aromatic N) is 4. The molecule has 0 spiro atoms. The van der Waals surface area contributed by atoms with Crippen LogP contribution in [-0.2, 0) is 4.74 Å². The molecular weight excluding hydrogens is 305 g/mol. The van der Waals surface area contributed by atoms with Crippen molar-refractivity contribution in [2.75, 3.05) is 5.73 Å². The molecule has 0 amide bonds. The molecule has 2 aromatic heterocycles. The van der Waals surface area contributed by atoms with Gasteiger partial charge in [-0.3, -0.25) is 4.57 Å². The van der Waals surface area contributed by atoms with Crippen LogP contribution in [0.5, 0.6) is 0 Å². The van der Waals surface area contributed by atoms with E-state index >= 15 is 4.39 Å². The van der Waals surface area contributed by atoms with E-state index in [4.69, 9.17) is 10.5 Å². The van der Waals surface area contributed by atoms with Gasteiger partial charge >= 0.3 is 0 Å². The molecule has 2 unspecified atom stereocenters. The van der Waals surface area contributed by atoms with Crippen molar-refractivity contribution < 1.29 is 19.3 Å². The Morgan fingerprint density at radius 2 is 2.26 bits per heavy atom. The van der Waals surface area contributed by atoms with Gasteiger partial charge in [-0.1, -0.05) is 5.92 Å². The van der Waals surface area contributed by atoms with Crippen molar-refractivity contribution in [3.63, 3.8) is 0 Å². The predicted octanol–water partition coefficient (Wildman–Crippen LogP) is -0.221. The number of fused-ring (bicyclic) bond motifs is 1. The number of hydrogen-bond acceptors (Lipinski definition) is 7. The smallest absolute Gasteiger partial charge is 0.243 e. The first kappa shape index (κ1) is 15.6. The molecule has 1 aliphatic heterocycles. The number of nitrogens with two attached hydrogens (primary N) is 1. The molecule has 9 heteroatoms. The lowest BCUT2D eigenvalue weighted by molar-refractivity contribution is -0.0776. The molecule has 0 saturated carbocycles. The second-order valence-electron chi connectivity index (χ2n) is 5.37. The van der Waals surface area contributed by atoms with Gasteiger partial charge in [-0.15, -0.1) is 5.92 Å². The summed E-state index contributed by atoms with van der Waals surface area (Å²) in [4.78, 5) is 11.9. The van der Waals surface area contributed by atoms with Crippen LogP contribution in [0.1, 0.15) is 20.1 Å². The Kier molecular flexibility index (Phi) is 3.68. The lowest BCUT2D eigenvalue weighted by Crippen LogP contribution is -2.44. The molecule has 0 bridgehead atoms. The maximum absolute atomic E-state index is 15.4. The summed E-state index contributed by atoms with van der Waals surface area (Å²) in [5.41, 5.74) is 3.78. The zero-order chi connectivity index (χ0) is 16.8. The highest BCUT2D eigenvalue weighted by molar-refractivity contribution is 5.70. The Bertz CT molecular complexity index is 799. The molecule has 0 aliphatic carbocycles. The molecule has 23 heavy (non-hydrogen) atoms. The van der Waals surface area contributed by atoms with Crippen LogP contribution in [0.3, 0.4) is 0 Å². The first-order chi connectivity index (χ1) is 10.9. The molecule has 122 valence electrons. The van der Waals surface area contributed by atoms with Crippen molar-refractivity contribution in [1.82, 2.24) is 19.5 Å². The first-order valence-electron chi connectivity index (χ1n) is 6.98. The molecule has 3 rings (SSSR count). The third-order valence-corrected chi connectivity index (χ3v) is 3.77. The minimum atomic E-state index is -2.43. The number of aliphatic hydroxyl groups is 2. The van der Waals surface area contributed by atoms with Crippen molar-refractivity contribution in [2.45, 2.75) is 44.1 Å². The van der Waals surface area contributed by atoms with E-state index < -0.39 is 30.2 Å². The summed E-state index contributed by atoms with van der Waals surface area (Å²) >= 11 is 0. The van der Waals surface area contributed by atoms with Crippen LogP contribution in [0, 0.1) is 11.8 Å². The van der Waals surface area contributed by atoms with Crippen LogP contribution < -0.4 is 5.73 Å². The zero-order valence-electron chi connectivity index (χ0n) is 12.5. The Balaban J connectivity index is 2.14. The Labute approximate surface area is 131 Å². The van der Waals surface area contributed by atoms with Crippen molar-refractivity contribution in [1.29, 1.82) is 0 Å². The zero-order valence-corrected chi connectivity index (χ0v) is 12.5. The van der Waals surface area contributed by atoms with Crippen LogP contribution in [-0.4, -0.2) is 53.7 Å². The number of ether oxygens (including phenoxy) is 1. The minimum absolute atomic E-state index is 0.00379. The van der Waals surface area contributed by atoms with E-state index in [1.54, 1.807) is 0 Å². The SMILES string of the molecule is CC#CC1(F)C(O)[C@@H]([C@@H](C)O)O[C@H]1n1cnc2cnc(N)nc21. The Morgan fingerprint density at radius 3 is 2.91 bits per heavy atom. The van der Waals surface area contributed by atoms with Gasteiger partial charge in [0.25, 0.3) is 0 Å². The van der Waals surface area contributed by atoms with Crippen LogP contribution in [0.15, 0.2) is 12.5 Å². The predicted molar refractivity (Wildman–Crippen MR) is 78.6 cm³/mol. The number of rotatable bonds is 2. The average Bonchev–Trinajstić information content (AvgIpc) is 3.00. The molecule has 1 aliphatic rings. The maximum atomic E-state index is 15.4. The van der Waals surface area contributed by atoms with Crippen LogP contribution in [0.2, 0.25) is 0 Å². The van der Waals surface area contributed by atoms with Gasteiger partial charge in [0.1, 0.15) is 17.7 Å². The highest BCUT2D eigenvalue weighted by Crippen LogP contribution is 2.43. The van der Waals surface area contributed by atoms with E-state index in [9.17, 15) is 10.2 Å². The fraction of sp³-hybridized carbons (Fsp3) is 0.500. The van der Waals surface area contributed by atoms with Crippen LogP contribution in [0.25, 0.3) is 11.2 Å². The molecule has 0 radical (unpaired) electrons. The number of alkyl halides is 1. The van der Waals surface area contributed by atoms with Crippen molar-refractivity contribution in [3.05, 3.63) is 12.5 Å². The largest absolute Gasteiger partial charge is 0.391 e. The third kappa shape index (κ3) is 2.31. The van der Waals surface area contributed by atoms with Gasteiger partial charge in [0, 0.05) is 0 Å². The highest BCUT2D eigenvalue weighted by atomic mass is 19.1. The van der Waals surface area contributed by atoms with Crippen molar-refractivity contribution in [2.24, 2.45) is 0 Å². The van der Waals surface area contributed by atoms with E-state index in [0.717, 1.165) is 0 Å². The van der Waals surface area contributed by atoms with E-state index in [2.05, 4.69) is 26.8 Å². The molecular formula is C14H16FN5O3. The summed E-state index contributed by atoms with van der Waals surface area (Å²) in [7, 11) is 0. The van der Waals surface area contributed by atoms with E-state index in [-0.39, 0.29) is 11.6 Å². The maximum Gasteiger partial charge on any atom is 0.243 e. The van der Waals surface area contributed by atoms with Gasteiger partial charge in [0.05, 0.1) is 18.6 Å². The van der Waals surface area contributed by atoms with Crippen LogP contribution in [0.4, 0.5) is 10.3 Å². The monoisotopic (exact) mass is 321 g/mol. The Hall–Kier alpha value is -2.28. The number of halogens is 1. The standard InChI is InChI=1S/C14H16FN5O3/c1-3-4-14(15)10(22)9(7(2)21)23-12(14)20-6-18-8-5-17-13(16)19-11(8)20/h5-7,9-10,12,21-22H,1-2H3,(H2,16,17,19)/t7-,9-,10?,12-,14?/m1/s1. The van der Waals surface area contributed by atoms with Gasteiger partial charge in [-0.2, -0.15) is 4.98 Å². The molecule has 1 fully saturated rings. The molecule has 3 heterocycles. The fourth-order valence-electron chi connectivity index (χ4n) is 2.69. The number of aliphatic hydroxyl groups excluding tert-OH is 2.